The molecular formula is C12H13BrClNO3S. The van der Waals surface area contributed by atoms with Crippen molar-refractivity contribution < 1.29 is 13.2 Å². The summed E-state index contributed by atoms with van der Waals surface area (Å²) in [6.45, 7) is 0. The number of amides is 1. The average molecular weight is 367 g/mol. The number of hydrogen-bond acceptors (Lipinski definition) is 3. The van der Waals surface area contributed by atoms with Gasteiger partial charge in [0.05, 0.1) is 22.1 Å². The maximum atomic E-state index is 12.1. The number of carbonyl (C=O) groups is 1. The molecule has 0 unspecified atom stereocenters. The van der Waals surface area contributed by atoms with Crippen molar-refractivity contribution in [3.63, 3.8) is 0 Å². The second-order valence-corrected chi connectivity index (χ2v) is 8.15. The first-order valence-electron chi connectivity index (χ1n) is 5.84. The zero-order chi connectivity index (χ0) is 14.0. The van der Waals surface area contributed by atoms with Crippen LogP contribution in [0.5, 0.6) is 0 Å². The fraction of sp³-hybridized carbons (Fsp3) is 0.417. The third kappa shape index (κ3) is 3.94. The lowest BCUT2D eigenvalue weighted by Crippen LogP contribution is -2.40. The van der Waals surface area contributed by atoms with Crippen molar-refractivity contribution in [3.8, 4) is 0 Å². The van der Waals surface area contributed by atoms with E-state index in [1.54, 1.807) is 18.2 Å². The zero-order valence-electron chi connectivity index (χ0n) is 10.0. The van der Waals surface area contributed by atoms with E-state index >= 15 is 0 Å². The van der Waals surface area contributed by atoms with Gasteiger partial charge in [-0.05, 0) is 31.0 Å². The Morgan fingerprint density at radius 2 is 1.95 bits per heavy atom. The van der Waals surface area contributed by atoms with Crippen LogP contribution in [0.15, 0.2) is 22.7 Å². The first-order valence-corrected chi connectivity index (χ1v) is 8.83. The van der Waals surface area contributed by atoms with Crippen LogP contribution < -0.4 is 5.32 Å². The van der Waals surface area contributed by atoms with Crippen LogP contribution in [0.25, 0.3) is 0 Å². The van der Waals surface area contributed by atoms with Crippen LogP contribution >= 0.6 is 27.5 Å². The topological polar surface area (TPSA) is 63.2 Å². The Morgan fingerprint density at radius 1 is 1.32 bits per heavy atom. The Bertz CT molecular complexity index is 589. The maximum absolute atomic E-state index is 12.1. The van der Waals surface area contributed by atoms with Crippen LogP contribution in [0.1, 0.15) is 23.2 Å². The number of rotatable bonds is 2. The maximum Gasteiger partial charge on any atom is 0.253 e. The standard InChI is InChI=1S/C12H13BrClNO3S/c13-8-1-2-11(14)10(7-8)12(16)15-9-3-5-19(17,18)6-4-9/h1-2,7,9H,3-6H2,(H,15,16). The smallest absolute Gasteiger partial charge is 0.253 e. The van der Waals surface area contributed by atoms with E-state index in [4.69, 9.17) is 11.6 Å². The molecule has 1 aliphatic heterocycles. The number of sulfone groups is 1. The molecule has 1 aromatic rings. The van der Waals surface area contributed by atoms with Gasteiger partial charge in [-0.3, -0.25) is 4.79 Å². The Kier molecular flexibility index (Phi) is 4.53. The van der Waals surface area contributed by atoms with Crippen molar-refractivity contribution in [3.05, 3.63) is 33.3 Å². The highest BCUT2D eigenvalue weighted by Crippen LogP contribution is 2.21. The fourth-order valence-corrected chi connectivity index (χ4v) is 4.02. The Hall–Kier alpha value is -0.590. The van der Waals surface area contributed by atoms with Crippen LogP contribution in [0, 0.1) is 0 Å². The molecule has 1 fully saturated rings. The molecule has 1 heterocycles. The molecule has 104 valence electrons. The van der Waals surface area contributed by atoms with Gasteiger partial charge in [0.2, 0.25) is 0 Å². The van der Waals surface area contributed by atoms with Gasteiger partial charge in [0, 0.05) is 10.5 Å². The SMILES string of the molecule is O=C(NC1CCS(=O)(=O)CC1)c1cc(Br)ccc1Cl. The molecule has 2 rings (SSSR count). The van der Waals surface area contributed by atoms with E-state index in [9.17, 15) is 13.2 Å². The van der Waals surface area contributed by atoms with Gasteiger partial charge in [0.25, 0.3) is 5.91 Å². The molecular weight excluding hydrogens is 354 g/mol. The van der Waals surface area contributed by atoms with Gasteiger partial charge in [0.1, 0.15) is 9.84 Å². The Labute approximate surface area is 125 Å². The number of halogens is 2. The van der Waals surface area contributed by atoms with Gasteiger partial charge in [-0.15, -0.1) is 0 Å². The van der Waals surface area contributed by atoms with E-state index in [1.165, 1.54) is 0 Å². The zero-order valence-corrected chi connectivity index (χ0v) is 13.2. The minimum absolute atomic E-state index is 0.105. The van der Waals surface area contributed by atoms with Crippen molar-refractivity contribution in [1.29, 1.82) is 0 Å². The lowest BCUT2D eigenvalue weighted by molar-refractivity contribution is 0.0934. The van der Waals surface area contributed by atoms with E-state index in [-0.39, 0.29) is 23.5 Å². The highest BCUT2D eigenvalue weighted by atomic mass is 79.9. The van der Waals surface area contributed by atoms with Crippen molar-refractivity contribution in [1.82, 2.24) is 5.32 Å². The molecule has 0 atom stereocenters. The van der Waals surface area contributed by atoms with Crippen LogP contribution in [0.2, 0.25) is 5.02 Å². The van der Waals surface area contributed by atoms with E-state index < -0.39 is 9.84 Å². The van der Waals surface area contributed by atoms with Crippen molar-refractivity contribution >= 4 is 43.3 Å². The second-order valence-electron chi connectivity index (χ2n) is 4.52. The molecule has 0 saturated carbocycles. The first kappa shape index (κ1) is 14.8. The summed E-state index contributed by atoms with van der Waals surface area (Å²) in [5, 5.41) is 3.21. The summed E-state index contributed by atoms with van der Waals surface area (Å²) < 4.78 is 23.4. The van der Waals surface area contributed by atoms with Gasteiger partial charge in [-0.1, -0.05) is 27.5 Å². The molecule has 1 amide bonds. The molecule has 19 heavy (non-hydrogen) atoms. The molecule has 1 aromatic carbocycles. The van der Waals surface area contributed by atoms with Crippen LogP contribution in [-0.2, 0) is 9.84 Å². The average Bonchev–Trinajstić information content (AvgIpc) is 2.35. The minimum Gasteiger partial charge on any atom is -0.349 e. The first-order chi connectivity index (χ1) is 8.87. The molecule has 0 radical (unpaired) electrons. The summed E-state index contributed by atoms with van der Waals surface area (Å²) in [5.74, 6) is -0.00971. The van der Waals surface area contributed by atoms with E-state index in [0.29, 0.717) is 23.4 Å². The van der Waals surface area contributed by atoms with Gasteiger partial charge < -0.3 is 5.32 Å². The van der Waals surface area contributed by atoms with E-state index in [0.717, 1.165) is 4.47 Å². The van der Waals surface area contributed by atoms with Crippen LogP contribution in [0.3, 0.4) is 0 Å². The summed E-state index contributed by atoms with van der Waals surface area (Å²) >= 11 is 9.26. The molecule has 1 saturated heterocycles. The molecule has 0 spiro atoms. The highest BCUT2D eigenvalue weighted by molar-refractivity contribution is 9.10. The summed E-state index contributed by atoms with van der Waals surface area (Å²) in [7, 11) is -2.92. The largest absolute Gasteiger partial charge is 0.349 e. The highest BCUT2D eigenvalue weighted by Gasteiger charge is 2.25. The van der Waals surface area contributed by atoms with Crippen molar-refractivity contribution in [2.24, 2.45) is 0 Å². The molecule has 1 aliphatic rings. The second kappa shape index (κ2) is 5.81. The van der Waals surface area contributed by atoms with Crippen LogP contribution in [0.4, 0.5) is 0 Å². The quantitative estimate of drug-likeness (QED) is 0.874. The number of benzene rings is 1. The van der Waals surface area contributed by atoms with E-state index in [1.807, 2.05) is 0 Å². The lowest BCUT2D eigenvalue weighted by Gasteiger charge is -2.23. The minimum atomic E-state index is -2.92. The Balaban J connectivity index is 2.04. The summed E-state index contributed by atoms with van der Waals surface area (Å²) in [5.41, 5.74) is 0.393. The summed E-state index contributed by atoms with van der Waals surface area (Å²) in [6.07, 6.45) is 0.916. The molecule has 7 heteroatoms. The van der Waals surface area contributed by atoms with Crippen molar-refractivity contribution in [2.45, 2.75) is 18.9 Å². The van der Waals surface area contributed by atoms with Crippen molar-refractivity contribution in [2.75, 3.05) is 11.5 Å². The van der Waals surface area contributed by atoms with Gasteiger partial charge in [-0.2, -0.15) is 0 Å². The third-order valence-corrected chi connectivity index (χ3v) is 5.60. The fourth-order valence-electron chi connectivity index (χ4n) is 1.97. The number of carbonyl (C=O) groups excluding carboxylic acids is 1. The normalized spacial score (nSPS) is 19.1. The third-order valence-electron chi connectivity index (χ3n) is 3.06. The monoisotopic (exact) mass is 365 g/mol. The predicted octanol–water partition coefficient (Wildman–Crippen LogP) is 2.41. The Morgan fingerprint density at radius 3 is 2.58 bits per heavy atom. The van der Waals surface area contributed by atoms with Gasteiger partial charge in [-0.25, -0.2) is 8.42 Å². The van der Waals surface area contributed by atoms with Crippen LogP contribution in [-0.4, -0.2) is 31.9 Å². The van der Waals surface area contributed by atoms with E-state index in [2.05, 4.69) is 21.2 Å². The number of nitrogens with one attached hydrogen (secondary N) is 1. The number of hydrogen-bond donors (Lipinski definition) is 1. The summed E-state index contributed by atoms with van der Waals surface area (Å²) in [6, 6.07) is 4.95. The summed E-state index contributed by atoms with van der Waals surface area (Å²) in [4.78, 5) is 12.1. The molecule has 4 nitrogen and oxygen atoms in total. The lowest BCUT2D eigenvalue weighted by atomic mass is 10.1. The predicted molar refractivity (Wildman–Crippen MR) is 78.3 cm³/mol. The van der Waals surface area contributed by atoms with Gasteiger partial charge >= 0.3 is 0 Å². The molecule has 0 aromatic heterocycles. The molecule has 0 bridgehead atoms. The molecule has 1 N–H and O–H groups in total. The molecule has 0 aliphatic carbocycles. The van der Waals surface area contributed by atoms with Gasteiger partial charge in [0.15, 0.2) is 0 Å².